The molecule has 7 nitrogen and oxygen atoms in total. The van der Waals surface area contributed by atoms with Crippen molar-refractivity contribution in [2.45, 2.75) is 30.3 Å². The Morgan fingerprint density at radius 3 is 2.79 bits per heavy atom. The molecule has 1 amide bonds. The summed E-state index contributed by atoms with van der Waals surface area (Å²) in [6.45, 7) is 1.11. The summed E-state index contributed by atoms with van der Waals surface area (Å²) in [5.74, 6) is -0.902. The Morgan fingerprint density at radius 2 is 2.10 bits per heavy atom. The van der Waals surface area contributed by atoms with E-state index in [-0.39, 0.29) is 16.6 Å². The lowest BCUT2D eigenvalue weighted by atomic mass is 10.1. The van der Waals surface area contributed by atoms with Crippen molar-refractivity contribution in [2.24, 2.45) is 0 Å². The van der Waals surface area contributed by atoms with Gasteiger partial charge in [0.2, 0.25) is 0 Å². The molecule has 0 saturated carbocycles. The van der Waals surface area contributed by atoms with Crippen molar-refractivity contribution < 1.29 is 27.1 Å². The molecule has 0 bridgehead atoms. The van der Waals surface area contributed by atoms with Crippen LogP contribution in [0.25, 0.3) is 0 Å². The van der Waals surface area contributed by atoms with Gasteiger partial charge in [-0.3, -0.25) is 9.52 Å². The van der Waals surface area contributed by atoms with Crippen molar-refractivity contribution in [3.63, 3.8) is 0 Å². The van der Waals surface area contributed by atoms with Gasteiger partial charge in [-0.2, -0.15) is 0 Å². The average molecular weight is 420 g/mol. The maximum atomic E-state index is 13.9. The van der Waals surface area contributed by atoms with Crippen molar-refractivity contribution in [1.29, 1.82) is 0 Å². The van der Waals surface area contributed by atoms with Gasteiger partial charge in [-0.1, -0.05) is 6.07 Å². The lowest BCUT2D eigenvalue weighted by Gasteiger charge is -2.21. The number of benzene rings is 2. The van der Waals surface area contributed by atoms with E-state index < -0.39 is 21.9 Å². The molecule has 2 aliphatic rings. The predicted molar refractivity (Wildman–Crippen MR) is 105 cm³/mol. The van der Waals surface area contributed by atoms with Gasteiger partial charge in [0.15, 0.2) is 11.6 Å². The molecule has 0 spiro atoms. The lowest BCUT2D eigenvalue weighted by Crippen LogP contribution is -2.37. The van der Waals surface area contributed by atoms with Crippen LogP contribution in [0.5, 0.6) is 5.75 Å². The Kier molecular flexibility index (Phi) is 5.18. The Hall–Kier alpha value is -2.65. The summed E-state index contributed by atoms with van der Waals surface area (Å²) < 4.78 is 52.0. The minimum Gasteiger partial charge on any atom is -0.494 e. The van der Waals surface area contributed by atoms with E-state index in [9.17, 15) is 17.6 Å². The number of methoxy groups -OCH3 is 1. The number of carbonyl (C=O) groups is 1. The number of rotatable bonds is 5. The van der Waals surface area contributed by atoms with Crippen LogP contribution in [0.15, 0.2) is 41.3 Å². The van der Waals surface area contributed by atoms with E-state index in [1.807, 2.05) is 0 Å². The smallest absolute Gasteiger partial charge is 0.262 e. The summed E-state index contributed by atoms with van der Waals surface area (Å²) in [4.78, 5) is 14.2. The number of sulfonamides is 1. The van der Waals surface area contributed by atoms with Gasteiger partial charge in [0.25, 0.3) is 15.9 Å². The first kappa shape index (κ1) is 19.7. The van der Waals surface area contributed by atoms with Crippen LogP contribution in [0.1, 0.15) is 18.4 Å². The SMILES string of the molecule is COc1ccc(S(=O)(=O)Nc2ccc3c(c2)N(C(=O)[C@@H]2CCCO2)CC3)cc1F. The number of nitrogens with one attached hydrogen (secondary N) is 1. The number of nitrogens with zero attached hydrogens (tertiary/aromatic N) is 1. The van der Waals surface area contributed by atoms with Gasteiger partial charge >= 0.3 is 0 Å². The standard InChI is InChI=1S/C20H21FN2O5S/c1-27-18-7-6-15(12-16(18)21)29(25,26)22-14-5-4-13-8-9-23(17(13)11-14)20(24)19-3-2-10-28-19/h4-7,11-12,19,22H,2-3,8-10H2,1H3/t19-/m0/s1. The van der Waals surface area contributed by atoms with E-state index in [0.29, 0.717) is 37.4 Å². The Bertz CT molecular complexity index is 1050. The topological polar surface area (TPSA) is 84.9 Å². The maximum Gasteiger partial charge on any atom is 0.262 e. The molecule has 29 heavy (non-hydrogen) atoms. The number of anilines is 2. The minimum atomic E-state index is -4.01. The van der Waals surface area contributed by atoms with Gasteiger partial charge in [-0.05, 0) is 55.2 Å². The molecule has 1 N–H and O–H groups in total. The van der Waals surface area contributed by atoms with Crippen LogP contribution in [-0.4, -0.2) is 40.7 Å². The molecule has 1 atom stereocenters. The first-order valence-electron chi connectivity index (χ1n) is 9.31. The third-order valence-electron chi connectivity index (χ3n) is 5.14. The summed E-state index contributed by atoms with van der Waals surface area (Å²) in [7, 11) is -2.70. The maximum absolute atomic E-state index is 13.9. The fourth-order valence-corrected chi connectivity index (χ4v) is 4.71. The van der Waals surface area contributed by atoms with Gasteiger partial charge in [-0.25, -0.2) is 12.8 Å². The Balaban J connectivity index is 1.58. The number of amides is 1. The van der Waals surface area contributed by atoms with Crippen molar-refractivity contribution >= 4 is 27.3 Å². The zero-order valence-electron chi connectivity index (χ0n) is 15.9. The zero-order chi connectivity index (χ0) is 20.6. The molecule has 9 heteroatoms. The second-order valence-corrected chi connectivity index (χ2v) is 8.67. The van der Waals surface area contributed by atoms with Crippen LogP contribution in [0, 0.1) is 5.82 Å². The molecule has 2 aromatic rings. The quantitative estimate of drug-likeness (QED) is 0.804. The average Bonchev–Trinajstić information content (AvgIpc) is 3.37. The third-order valence-corrected chi connectivity index (χ3v) is 6.52. The van der Waals surface area contributed by atoms with Gasteiger partial charge in [0.05, 0.1) is 17.7 Å². The highest BCUT2D eigenvalue weighted by atomic mass is 32.2. The molecule has 0 radical (unpaired) electrons. The van der Waals surface area contributed by atoms with Crippen LogP contribution < -0.4 is 14.4 Å². The normalized spacial score (nSPS) is 18.6. The van der Waals surface area contributed by atoms with E-state index in [0.717, 1.165) is 18.1 Å². The van der Waals surface area contributed by atoms with Crippen LogP contribution in [0.3, 0.4) is 0 Å². The van der Waals surface area contributed by atoms with Crippen molar-refractivity contribution in [1.82, 2.24) is 0 Å². The summed E-state index contributed by atoms with van der Waals surface area (Å²) in [6, 6.07) is 8.49. The molecule has 0 aromatic heterocycles. The second kappa shape index (κ2) is 7.64. The van der Waals surface area contributed by atoms with E-state index >= 15 is 0 Å². The summed E-state index contributed by atoms with van der Waals surface area (Å²) in [5.41, 5.74) is 1.94. The van der Waals surface area contributed by atoms with Crippen molar-refractivity contribution in [3.05, 3.63) is 47.8 Å². The molecule has 4 rings (SSSR count). The summed E-state index contributed by atoms with van der Waals surface area (Å²) in [6.07, 6.45) is 1.81. The number of carbonyl (C=O) groups excluding carboxylic acids is 1. The minimum absolute atomic E-state index is 0.0373. The molecule has 2 heterocycles. The summed E-state index contributed by atoms with van der Waals surface area (Å²) in [5, 5.41) is 0. The molecule has 1 saturated heterocycles. The Labute approximate surface area is 168 Å². The number of ether oxygens (including phenoxy) is 2. The number of hydrogen-bond acceptors (Lipinski definition) is 5. The molecule has 2 aliphatic heterocycles. The van der Waals surface area contributed by atoms with Crippen LogP contribution in [0.4, 0.5) is 15.8 Å². The fourth-order valence-electron chi connectivity index (χ4n) is 3.65. The molecular formula is C20H21FN2O5S. The second-order valence-electron chi connectivity index (χ2n) is 6.99. The van der Waals surface area contributed by atoms with Crippen LogP contribution >= 0.6 is 0 Å². The van der Waals surface area contributed by atoms with E-state index in [4.69, 9.17) is 9.47 Å². The van der Waals surface area contributed by atoms with E-state index in [2.05, 4.69) is 4.72 Å². The highest BCUT2D eigenvalue weighted by Crippen LogP contribution is 2.33. The summed E-state index contributed by atoms with van der Waals surface area (Å²) >= 11 is 0. The first-order valence-corrected chi connectivity index (χ1v) is 10.8. The predicted octanol–water partition coefficient (Wildman–Crippen LogP) is 2.70. The van der Waals surface area contributed by atoms with Gasteiger partial charge in [0.1, 0.15) is 6.10 Å². The number of halogens is 1. The highest BCUT2D eigenvalue weighted by Gasteiger charge is 2.33. The van der Waals surface area contributed by atoms with Crippen molar-refractivity contribution in [2.75, 3.05) is 29.9 Å². The molecule has 0 aliphatic carbocycles. The third kappa shape index (κ3) is 3.79. The molecule has 2 aromatic carbocycles. The monoisotopic (exact) mass is 420 g/mol. The largest absolute Gasteiger partial charge is 0.494 e. The van der Waals surface area contributed by atoms with Gasteiger partial charge in [-0.15, -0.1) is 0 Å². The number of fused-ring (bicyclic) bond motifs is 1. The van der Waals surface area contributed by atoms with Crippen molar-refractivity contribution in [3.8, 4) is 5.75 Å². The molecule has 0 unspecified atom stereocenters. The van der Waals surface area contributed by atoms with Crippen LogP contribution in [0.2, 0.25) is 0 Å². The van der Waals surface area contributed by atoms with Gasteiger partial charge < -0.3 is 14.4 Å². The molecule has 154 valence electrons. The van der Waals surface area contributed by atoms with Crippen LogP contribution in [-0.2, 0) is 26.0 Å². The Morgan fingerprint density at radius 1 is 1.28 bits per heavy atom. The lowest BCUT2D eigenvalue weighted by molar-refractivity contribution is -0.127. The molecule has 1 fully saturated rings. The molecular weight excluding hydrogens is 399 g/mol. The van der Waals surface area contributed by atoms with E-state index in [1.165, 1.54) is 19.2 Å². The van der Waals surface area contributed by atoms with E-state index in [1.54, 1.807) is 23.1 Å². The fraction of sp³-hybridized carbons (Fsp3) is 0.350. The zero-order valence-corrected chi connectivity index (χ0v) is 16.7. The van der Waals surface area contributed by atoms with Gasteiger partial charge in [0, 0.05) is 18.8 Å². The number of hydrogen-bond donors (Lipinski definition) is 1. The first-order chi connectivity index (χ1) is 13.9. The highest BCUT2D eigenvalue weighted by molar-refractivity contribution is 7.92.